The predicted molar refractivity (Wildman–Crippen MR) is 208 cm³/mol. The minimum absolute atomic E-state index is 0.0452. The highest BCUT2D eigenvalue weighted by molar-refractivity contribution is 6.25. The molecule has 1 unspecified atom stereocenters. The molecule has 8 rings (SSSR count). The smallest absolute Gasteiger partial charge is 0.284 e. The standard InChI is InChI=1S/C39H45F2N11O7/c40-34(41)33-28(44-36(54)26-22-43-50-15-10-30(45-35(26)50)49-16-20-59-21-17-49)23-51(47-33)24-8-13-48(14-9-24)12-3-19-58-18-2-11-42-27-5-1-4-25-32(27)39(57)52(38(25)56)29-6-7-31(53)46-37(29)55/h1,4-5,10,15,22-24,29,34,42H,2-3,6-9,11-14,16-21H2,(H,44,54)(H,46,53,55). The summed E-state index contributed by atoms with van der Waals surface area (Å²) in [6.07, 6.45) is 4.69. The Kier molecular flexibility index (Phi) is 11.9. The molecule has 0 spiro atoms. The number of amides is 5. The molecule has 3 saturated heterocycles. The molecular weight excluding hydrogens is 772 g/mol. The Hall–Kier alpha value is -5.86. The summed E-state index contributed by atoms with van der Waals surface area (Å²) in [5.41, 5.74) is 0.888. The topological polar surface area (TPSA) is 198 Å². The molecule has 3 aromatic heterocycles. The van der Waals surface area contributed by atoms with E-state index in [1.807, 2.05) is 6.07 Å². The first kappa shape index (κ1) is 39.9. The normalized spacial score (nSPS) is 19.2. The monoisotopic (exact) mass is 817 g/mol. The van der Waals surface area contributed by atoms with Gasteiger partial charge in [-0.15, -0.1) is 0 Å². The second-order valence-electron chi connectivity index (χ2n) is 14.9. The zero-order chi connectivity index (χ0) is 41.0. The summed E-state index contributed by atoms with van der Waals surface area (Å²) >= 11 is 0. The number of rotatable bonds is 15. The van der Waals surface area contributed by atoms with Crippen molar-refractivity contribution in [3.05, 3.63) is 65.2 Å². The first-order valence-corrected chi connectivity index (χ1v) is 19.9. The van der Waals surface area contributed by atoms with Gasteiger partial charge in [-0.2, -0.15) is 10.2 Å². The fraction of sp³-hybridized carbons (Fsp3) is 0.487. The number of alkyl halides is 2. The maximum absolute atomic E-state index is 14.2. The predicted octanol–water partition coefficient (Wildman–Crippen LogP) is 2.90. The number of nitrogens with zero attached hydrogens (tertiary/aromatic N) is 8. The maximum Gasteiger partial charge on any atom is 0.284 e. The van der Waals surface area contributed by atoms with Crippen molar-refractivity contribution in [1.82, 2.24) is 39.5 Å². The molecule has 5 amide bonds. The Morgan fingerprint density at radius 1 is 0.983 bits per heavy atom. The second kappa shape index (κ2) is 17.6. The number of carbonyl (C=O) groups is 5. The number of likely N-dealkylation sites (tertiary alicyclic amines) is 1. The lowest BCUT2D eigenvalue weighted by molar-refractivity contribution is -0.136. The first-order valence-electron chi connectivity index (χ1n) is 19.9. The Balaban J connectivity index is 0.761. The molecule has 0 bridgehead atoms. The number of anilines is 3. The van der Waals surface area contributed by atoms with Gasteiger partial charge in [-0.25, -0.2) is 18.3 Å². The van der Waals surface area contributed by atoms with E-state index >= 15 is 0 Å². The van der Waals surface area contributed by atoms with Crippen molar-refractivity contribution in [3.8, 4) is 0 Å². The van der Waals surface area contributed by atoms with Crippen LogP contribution in [0.3, 0.4) is 0 Å². The van der Waals surface area contributed by atoms with Gasteiger partial charge in [0.1, 0.15) is 17.4 Å². The van der Waals surface area contributed by atoms with Gasteiger partial charge in [0, 0.05) is 77.0 Å². The summed E-state index contributed by atoms with van der Waals surface area (Å²) in [6.45, 7) is 6.31. The fourth-order valence-electron chi connectivity index (χ4n) is 7.99. The second-order valence-corrected chi connectivity index (χ2v) is 14.9. The van der Waals surface area contributed by atoms with Crippen LogP contribution in [0.25, 0.3) is 5.65 Å². The zero-order valence-electron chi connectivity index (χ0n) is 32.3. The third kappa shape index (κ3) is 8.51. The number of imide groups is 2. The van der Waals surface area contributed by atoms with Gasteiger partial charge >= 0.3 is 0 Å². The molecule has 312 valence electrons. The summed E-state index contributed by atoms with van der Waals surface area (Å²) < 4.78 is 42.6. The average molecular weight is 818 g/mol. The van der Waals surface area contributed by atoms with Crippen LogP contribution in [-0.4, -0.2) is 135 Å². The van der Waals surface area contributed by atoms with Crippen molar-refractivity contribution in [1.29, 1.82) is 0 Å². The number of nitrogens with one attached hydrogen (secondary N) is 3. The number of aromatic nitrogens is 5. The summed E-state index contributed by atoms with van der Waals surface area (Å²) in [5.74, 6) is -2.11. The van der Waals surface area contributed by atoms with Crippen molar-refractivity contribution >= 4 is 52.4 Å². The van der Waals surface area contributed by atoms with Gasteiger partial charge in [0.05, 0.1) is 42.3 Å². The van der Waals surface area contributed by atoms with Crippen LogP contribution in [0.15, 0.2) is 42.9 Å². The van der Waals surface area contributed by atoms with Crippen molar-refractivity contribution in [3.63, 3.8) is 0 Å². The lowest BCUT2D eigenvalue weighted by Crippen LogP contribution is -2.54. The Morgan fingerprint density at radius 3 is 2.56 bits per heavy atom. The van der Waals surface area contributed by atoms with Gasteiger partial charge in [-0.3, -0.25) is 38.9 Å². The van der Waals surface area contributed by atoms with Crippen LogP contribution in [0.1, 0.15) is 87.8 Å². The highest BCUT2D eigenvalue weighted by Gasteiger charge is 2.45. The Morgan fingerprint density at radius 2 is 1.78 bits per heavy atom. The van der Waals surface area contributed by atoms with Crippen molar-refractivity contribution in [2.45, 2.75) is 57.0 Å². The molecule has 4 aliphatic heterocycles. The highest BCUT2D eigenvalue weighted by Crippen LogP contribution is 2.33. The highest BCUT2D eigenvalue weighted by atomic mass is 19.3. The van der Waals surface area contributed by atoms with Crippen LogP contribution < -0.4 is 20.9 Å². The van der Waals surface area contributed by atoms with Gasteiger partial charge in [-0.1, -0.05) is 6.07 Å². The third-order valence-corrected chi connectivity index (χ3v) is 11.1. The average Bonchev–Trinajstić information content (AvgIpc) is 3.94. The quantitative estimate of drug-likeness (QED) is 0.117. The Bertz CT molecular complexity index is 2230. The van der Waals surface area contributed by atoms with Crippen LogP contribution in [-0.2, 0) is 19.1 Å². The minimum Gasteiger partial charge on any atom is -0.384 e. The van der Waals surface area contributed by atoms with Crippen molar-refractivity contribution < 1.29 is 42.2 Å². The largest absolute Gasteiger partial charge is 0.384 e. The van der Waals surface area contributed by atoms with E-state index < -0.39 is 47.7 Å². The van der Waals surface area contributed by atoms with Gasteiger partial charge in [-0.05, 0) is 50.3 Å². The van der Waals surface area contributed by atoms with Crippen LogP contribution in [0, 0.1) is 0 Å². The molecule has 0 radical (unpaired) electrons. The first-order chi connectivity index (χ1) is 28.7. The van der Waals surface area contributed by atoms with E-state index in [4.69, 9.17) is 9.47 Å². The molecule has 3 N–H and O–H groups in total. The molecule has 7 heterocycles. The lowest BCUT2D eigenvalue weighted by atomic mass is 10.0. The molecule has 0 aliphatic carbocycles. The number of hydrogen-bond acceptors (Lipinski definition) is 13. The lowest BCUT2D eigenvalue weighted by Gasteiger charge is -2.32. The molecule has 59 heavy (non-hydrogen) atoms. The van der Waals surface area contributed by atoms with Crippen molar-refractivity contribution in [2.24, 2.45) is 0 Å². The number of halogens is 2. The maximum atomic E-state index is 14.2. The van der Waals surface area contributed by atoms with Crippen LogP contribution in [0.4, 0.5) is 26.0 Å². The van der Waals surface area contributed by atoms with Crippen LogP contribution >= 0.6 is 0 Å². The van der Waals surface area contributed by atoms with Gasteiger partial charge < -0.3 is 29.9 Å². The van der Waals surface area contributed by atoms with Crippen LogP contribution in [0.2, 0.25) is 0 Å². The van der Waals surface area contributed by atoms with E-state index in [-0.39, 0.29) is 41.3 Å². The number of carbonyl (C=O) groups excluding carboxylic acids is 5. The minimum atomic E-state index is -2.89. The summed E-state index contributed by atoms with van der Waals surface area (Å²) in [6, 6.07) is 5.63. The number of ether oxygens (including phenoxy) is 2. The van der Waals surface area contributed by atoms with Gasteiger partial charge in [0.2, 0.25) is 11.8 Å². The summed E-state index contributed by atoms with van der Waals surface area (Å²) in [4.78, 5) is 73.7. The fourth-order valence-corrected chi connectivity index (χ4v) is 7.99. The third-order valence-electron chi connectivity index (χ3n) is 11.1. The van der Waals surface area contributed by atoms with E-state index in [9.17, 15) is 32.8 Å². The number of morpholine rings is 1. The molecule has 4 aliphatic rings. The van der Waals surface area contributed by atoms with Gasteiger partial charge in [0.25, 0.3) is 24.1 Å². The molecule has 4 aromatic rings. The Labute approximate surface area is 337 Å². The van der Waals surface area contributed by atoms with E-state index in [2.05, 4.69) is 40.9 Å². The van der Waals surface area contributed by atoms with E-state index in [1.54, 1.807) is 29.1 Å². The molecule has 3 fully saturated rings. The van der Waals surface area contributed by atoms with E-state index in [0.717, 1.165) is 31.0 Å². The molecule has 1 atom stereocenters. The molecule has 20 heteroatoms. The number of benzene rings is 1. The molecule has 1 aromatic carbocycles. The van der Waals surface area contributed by atoms with Crippen LogP contribution in [0.5, 0.6) is 0 Å². The molecular formula is C39H45F2N11O7. The van der Waals surface area contributed by atoms with Gasteiger partial charge in [0.15, 0.2) is 11.3 Å². The zero-order valence-corrected chi connectivity index (χ0v) is 32.3. The van der Waals surface area contributed by atoms with Crippen molar-refractivity contribution in [2.75, 3.05) is 81.2 Å². The SMILES string of the molecule is O=C1CCC(N2C(=O)c3cccc(NCCCOCCCN4CCC(n5cc(NC(=O)c6cnn7ccc(N8CCOCC8)nc67)c(C(F)F)n5)CC4)c3C2=O)C(=O)N1. The van der Waals surface area contributed by atoms with E-state index in [1.165, 1.54) is 16.9 Å². The molecule has 18 nitrogen and oxygen atoms in total. The molecule has 0 saturated carbocycles. The number of hydrogen-bond donors (Lipinski definition) is 3. The van der Waals surface area contributed by atoms with E-state index in [0.29, 0.717) is 82.5 Å². The number of fused-ring (bicyclic) bond motifs is 2. The summed E-state index contributed by atoms with van der Waals surface area (Å²) in [5, 5.41) is 16.5. The summed E-state index contributed by atoms with van der Waals surface area (Å²) in [7, 11) is 0. The number of piperidine rings is 2.